The lowest BCUT2D eigenvalue weighted by Gasteiger charge is -2.13. The Balaban J connectivity index is 1.72. The molecule has 0 unspecified atom stereocenters. The molecule has 0 spiro atoms. The molecule has 2 aromatic heterocycles. The Kier molecular flexibility index (Phi) is 3.22. The van der Waals surface area contributed by atoms with Gasteiger partial charge in [-0.1, -0.05) is 0 Å². The molecule has 21 heavy (non-hydrogen) atoms. The van der Waals surface area contributed by atoms with Gasteiger partial charge in [0.25, 0.3) is 5.56 Å². The van der Waals surface area contributed by atoms with Crippen molar-refractivity contribution in [3.63, 3.8) is 0 Å². The standard InChI is InChI=1S/C10H10N6O3S2/c17-8-6-7(12-4-11-6)14-9(15-8)16-10(20)13-5-1-2-21(18,19)3-5/h1-2,4-5H,3H2,(H4,11,12,13,14,15,16,17,20)/t5-/m1/s1. The number of aromatic amines is 2. The van der Waals surface area contributed by atoms with Crippen LogP contribution in [0.4, 0.5) is 5.95 Å². The summed E-state index contributed by atoms with van der Waals surface area (Å²) in [5.41, 5.74) is 0.141. The maximum atomic E-state index is 11.7. The fourth-order valence-electron chi connectivity index (χ4n) is 1.88. The number of rotatable bonds is 2. The van der Waals surface area contributed by atoms with Crippen LogP contribution in [0.5, 0.6) is 0 Å². The summed E-state index contributed by atoms with van der Waals surface area (Å²) in [6, 6.07) is -0.407. The van der Waals surface area contributed by atoms with Gasteiger partial charge in [0.15, 0.2) is 26.1 Å². The minimum atomic E-state index is -3.16. The molecule has 1 atom stereocenters. The van der Waals surface area contributed by atoms with Crippen molar-refractivity contribution in [2.75, 3.05) is 11.1 Å². The van der Waals surface area contributed by atoms with Crippen LogP contribution in [0, 0.1) is 0 Å². The number of nitrogens with zero attached hydrogens (tertiary/aromatic N) is 2. The summed E-state index contributed by atoms with van der Waals surface area (Å²) in [5, 5.41) is 6.79. The molecule has 1 aliphatic rings. The summed E-state index contributed by atoms with van der Waals surface area (Å²) in [4.78, 5) is 24.8. The van der Waals surface area contributed by atoms with E-state index in [4.69, 9.17) is 12.2 Å². The van der Waals surface area contributed by atoms with Gasteiger partial charge in [-0.2, -0.15) is 4.98 Å². The van der Waals surface area contributed by atoms with Crippen molar-refractivity contribution < 1.29 is 8.42 Å². The molecule has 0 radical (unpaired) electrons. The molecular formula is C10H10N6O3S2. The SMILES string of the molecule is O=c1[nH]c(NC(=S)N[C@@H]2C=CS(=O)(=O)C2)nc2nc[nH]c12. The average molecular weight is 326 g/mol. The van der Waals surface area contributed by atoms with Crippen LogP contribution >= 0.6 is 12.2 Å². The van der Waals surface area contributed by atoms with Crippen LogP contribution in [0.25, 0.3) is 11.2 Å². The first-order valence-electron chi connectivity index (χ1n) is 5.85. The average Bonchev–Trinajstić information content (AvgIpc) is 2.96. The van der Waals surface area contributed by atoms with Gasteiger partial charge in [0.2, 0.25) is 5.95 Å². The van der Waals surface area contributed by atoms with Crippen molar-refractivity contribution in [2.45, 2.75) is 6.04 Å². The van der Waals surface area contributed by atoms with E-state index in [0.29, 0.717) is 0 Å². The van der Waals surface area contributed by atoms with Crippen LogP contribution in [0.1, 0.15) is 0 Å². The minimum Gasteiger partial charge on any atom is -0.355 e. The Morgan fingerprint density at radius 2 is 2.29 bits per heavy atom. The summed E-state index contributed by atoms with van der Waals surface area (Å²) in [5.74, 6) is 0.0684. The first kappa shape index (κ1) is 13.7. The van der Waals surface area contributed by atoms with E-state index >= 15 is 0 Å². The van der Waals surface area contributed by atoms with Gasteiger partial charge in [-0.25, -0.2) is 13.4 Å². The van der Waals surface area contributed by atoms with Crippen LogP contribution in [0.15, 0.2) is 22.6 Å². The number of aromatic nitrogens is 4. The Morgan fingerprint density at radius 3 is 3.00 bits per heavy atom. The predicted octanol–water partition coefficient (Wildman–Crippen LogP) is -0.757. The number of nitrogens with one attached hydrogen (secondary N) is 4. The van der Waals surface area contributed by atoms with Crippen LogP contribution < -0.4 is 16.2 Å². The predicted molar refractivity (Wildman–Crippen MR) is 80.6 cm³/mol. The Bertz CT molecular complexity index is 897. The zero-order valence-corrected chi connectivity index (χ0v) is 12.1. The molecule has 3 rings (SSSR count). The van der Waals surface area contributed by atoms with E-state index in [9.17, 15) is 13.2 Å². The Morgan fingerprint density at radius 1 is 1.48 bits per heavy atom. The second-order valence-electron chi connectivity index (χ2n) is 4.38. The van der Waals surface area contributed by atoms with Crippen molar-refractivity contribution in [3.05, 3.63) is 28.2 Å². The molecule has 0 bridgehead atoms. The van der Waals surface area contributed by atoms with Crippen LogP contribution in [-0.2, 0) is 9.84 Å². The number of imidazole rings is 1. The fraction of sp³-hybridized carbons (Fsp3) is 0.200. The Hall–Kier alpha value is -2.27. The van der Waals surface area contributed by atoms with Gasteiger partial charge in [0, 0.05) is 5.41 Å². The molecule has 3 heterocycles. The molecule has 0 aromatic carbocycles. The smallest absolute Gasteiger partial charge is 0.278 e. The number of hydrogen-bond donors (Lipinski definition) is 4. The van der Waals surface area contributed by atoms with Crippen molar-refractivity contribution in [1.82, 2.24) is 25.3 Å². The molecule has 11 heteroatoms. The highest BCUT2D eigenvalue weighted by atomic mass is 32.2. The van der Waals surface area contributed by atoms with E-state index in [0.717, 1.165) is 5.41 Å². The topological polar surface area (TPSA) is 133 Å². The molecule has 0 saturated carbocycles. The molecule has 0 aliphatic carbocycles. The van der Waals surface area contributed by atoms with Crippen molar-refractivity contribution in [3.8, 4) is 0 Å². The molecule has 9 nitrogen and oxygen atoms in total. The molecule has 110 valence electrons. The normalized spacial score (nSPS) is 19.7. The zero-order valence-electron chi connectivity index (χ0n) is 10.5. The van der Waals surface area contributed by atoms with Gasteiger partial charge >= 0.3 is 0 Å². The van der Waals surface area contributed by atoms with E-state index < -0.39 is 15.9 Å². The van der Waals surface area contributed by atoms with Crippen molar-refractivity contribution in [2.24, 2.45) is 0 Å². The van der Waals surface area contributed by atoms with Crippen molar-refractivity contribution >= 4 is 44.3 Å². The third-order valence-corrected chi connectivity index (χ3v) is 4.39. The zero-order chi connectivity index (χ0) is 15.0. The van der Waals surface area contributed by atoms with Gasteiger partial charge < -0.3 is 15.6 Å². The molecule has 4 N–H and O–H groups in total. The Labute approximate surface area is 123 Å². The number of fused-ring (bicyclic) bond motifs is 1. The van der Waals surface area contributed by atoms with E-state index in [-0.39, 0.29) is 33.5 Å². The summed E-state index contributed by atoms with van der Waals surface area (Å²) in [6.45, 7) is 0. The van der Waals surface area contributed by atoms with Gasteiger partial charge in [-0.15, -0.1) is 0 Å². The second-order valence-corrected chi connectivity index (χ2v) is 6.72. The minimum absolute atomic E-state index is 0.0584. The number of sulfone groups is 1. The van der Waals surface area contributed by atoms with E-state index in [1.807, 2.05) is 0 Å². The largest absolute Gasteiger partial charge is 0.355 e. The number of anilines is 1. The molecule has 1 aliphatic heterocycles. The summed E-state index contributed by atoms with van der Waals surface area (Å²) >= 11 is 5.05. The highest BCUT2D eigenvalue weighted by Gasteiger charge is 2.22. The number of thiocarbonyl (C=S) groups is 1. The lowest BCUT2D eigenvalue weighted by molar-refractivity contribution is 0.603. The summed E-state index contributed by atoms with van der Waals surface area (Å²) in [6.07, 6.45) is 2.87. The maximum absolute atomic E-state index is 11.7. The van der Waals surface area contributed by atoms with E-state index in [2.05, 4.69) is 30.6 Å². The fourth-order valence-corrected chi connectivity index (χ4v) is 3.36. The van der Waals surface area contributed by atoms with Gasteiger partial charge in [-0.3, -0.25) is 9.78 Å². The van der Waals surface area contributed by atoms with Gasteiger partial charge in [-0.05, 0) is 18.3 Å². The molecule has 0 amide bonds. The third-order valence-electron chi connectivity index (χ3n) is 2.77. The highest BCUT2D eigenvalue weighted by molar-refractivity contribution is 7.94. The first-order chi connectivity index (χ1) is 9.93. The van der Waals surface area contributed by atoms with Crippen LogP contribution in [0.2, 0.25) is 0 Å². The molecule has 0 saturated heterocycles. The molecular weight excluding hydrogens is 316 g/mol. The summed E-state index contributed by atoms with van der Waals surface area (Å²) in [7, 11) is -3.16. The van der Waals surface area contributed by atoms with Gasteiger partial charge in [0.05, 0.1) is 18.1 Å². The number of hydrogen-bond acceptors (Lipinski definition) is 6. The van der Waals surface area contributed by atoms with E-state index in [1.165, 1.54) is 12.4 Å². The highest BCUT2D eigenvalue weighted by Crippen LogP contribution is 2.08. The molecule has 2 aromatic rings. The van der Waals surface area contributed by atoms with E-state index in [1.54, 1.807) is 0 Å². The second kappa shape index (κ2) is 4.93. The lowest BCUT2D eigenvalue weighted by atomic mass is 10.3. The van der Waals surface area contributed by atoms with Crippen molar-refractivity contribution in [1.29, 1.82) is 0 Å². The third kappa shape index (κ3) is 2.92. The molecule has 0 fully saturated rings. The quantitative estimate of drug-likeness (QED) is 0.530. The van der Waals surface area contributed by atoms with Crippen LogP contribution in [0.3, 0.4) is 0 Å². The maximum Gasteiger partial charge on any atom is 0.278 e. The van der Waals surface area contributed by atoms with Crippen LogP contribution in [-0.4, -0.2) is 45.3 Å². The van der Waals surface area contributed by atoms with Gasteiger partial charge in [0.1, 0.15) is 0 Å². The first-order valence-corrected chi connectivity index (χ1v) is 7.97. The lowest BCUT2D eigenvalue weighted by Crippen LogP contribution is -2.38. The monoisotopic (exact) mass is 326 g/mol. The number of H-pyrrole nitrogens is 2. The summed E-state index contributed by atoms with van der Waals surface area (Å²) < 4.78 is 22.6.